The van der Waals surface area contributed by atoms with E-state index in [-0.39, 0.29) is 16.6 Å². The zero-order valence-electron chi connectivity index (χ0n) is 11.4. The largest absolute Gasteiger partial charge is 0.299 e. The fourth-order valence-corrected chi connectivity index (χ4v) is 4.35. The molecule has 0 N–H and O–H groups in total. The number of hydrogen-bond donors (Lipinski definition) is 0. The third-order valence-corrected chi connectivity index (χ3v) is 5.71. The summed E-state index contributed by atoms with van der Waals surface area (Å²) >= 11 is 0. The highest BCUT2D eigenvalue weighted by Crippen LogP contribution is 2.41. The van der Waals surface area contributed by atoms with Crippen molar-refractivity contribution in [1.29, 1.82) is 0 Å². The van der Waals surface area contributed by atoms with Crippen LogP contribution in [0.1, 0.15) is 31.2 Å². The van der Waals surface area contributed by atoms with Gasteiger partial charge in [0.1, 0.15) is 5.78 Å². The first-order valence-electron chi connectivity index (χ1n) is 6.98. The van der Waals surface area contributed by atoms with Gasteiger partial charge in [0.05, 0.1) is 11.0 Å². The van der Waals surface area contributed by atoms with Gasteiger partial charge in [-0.05, 0) is 44.2 Å². The van der Waals surface area contributed by atoms with Gasteiger partial charge in [0.2, 0.25) is 0 Å². The predicted molar refractivity (Wildman–Crippen MR) is 73.7 cm³/mol. The maximum atomic E-state index is 12.3. The van der Waals surface area contributed by atoms with Crippen molar-refractivity contribution in [2.24, 2.45) is 11.8 Å². The molecule has 5 heteroatoms. The Balaban J connectivity index is 1.80. The molecule has 3 saturated carbocycles. The number of carbonyl (C=O) groups excluding carboxylic acids is 1. The van der Waals surface area contributed by atoms with Gasteiger partial charge >= 0.3 is 0 Å². The van der Waals surface area contributed by atoms with Crippen molar-refractivity contribution in [2.45, 2.75) is 43.6 Å². The van der Waals surface area contributed by atoms with Gasteiger partial charge in [-0.2, -0.15) is 8.42 Å². The molecular formula is C15H18O4S. The van der Waals surface area contributed by atoms with Crippen molar-refractivity contribution in [3.8, 4) is 0 Å². The van der Waals surface area contributed by atoms with Crippen LogP contribution in [0.4, 0.5) is 0 Å². The Labute approximate surface area is 119 Å². The van der Waals surface area contributed by atoms with E-state index < -0.39 is 16.2 Å². The number of benzene rings is 1. The summed E-state index contributed by atoms with van der Waals surface area (Å²) in [4.78, 5) is 12.0. The zero-order valence-corrected chi connectivity index (χ0v) is 12.2. The molecule has 0 radical (unpaired) electrons. The Morgan fingerprint density at radius 1 is 1.15 bits per heavy atom. The molecule has 108 valence electrons. The average molecular weight is 294 g/mol. The van der Waals surface area contributed by atoms with Crippen molar-refractivity contribution in [3.63, 3.8) is 0 Å². The molecule has 0 aromatic heterocycles. The zero-order chi connectivity index (χ0) is 14.3. The van der Waals surface area contributed by atoms with Gasteiger partial charge in [0.25, 0.3) is 10.1 Å². The first-order valence-corrected chi connectivity index (χ1v) is 8.39. The van der Waals surface area contributed by atoms with Gasteiger partial charge in [0, 0.05) is 12.3 Å². The number of aryl methyl sites for hydroxylation is 1. The number of ketones is 1. The molecule has 3 aliphatic rings. The molecule has 4 rings (SSSR count). The summed E-state index contributed by atoms with van der Waals surface area (Å²) in [6.45, 7) is 1.90. The van der Waals surface area contributed by atoms with Crippen LogP contribution in [0.2, 0.25) is 0 Å². The molecule has 3 atom stereocenters. The molecule has 20 heavy (non-hydrogen) atoms. The fraction of sp³-hybridized carbons (Fsp3) is 0.533. The Morgan fingerprint density at radius 3 is 2.45 bits per heavy atom. The molecule has 0 heterocycles. The van der Waals surface area contributed by atoms with Crippen molar-refractivity contribution in [1.82, 2.24) is 0 Å². The molecule has 3 fully saturated rings. The topological polar surface area (TPSA) is 60.4 Å². The van der Waals surface area contributed by atoms with E-state index in [1.165, 1.54) is 0 Å². The monoisotopic (exact) mass is 294 g/mol. The normalized spacial score (nSPS) is 29.6. The fourth-order valence-electron chi connectivity index (χ4n) is 3.23. The van der Waals surface area contributed by atoms with E-state index in [1.54, 1.807) is 24.3 Å². The Morgan fingerprint density at radius 2 is 1.85 bits per heavy atom. The number of Topliss-reactive ketones (excluding diaryl/α,β-unsaturated/α-hetero) is 1. The van der Waals surface area contributed by atoms with Crippen LogP contribution in [0, 0.1) is 18.8 Å². The summed E-state index contributed by atoms with van der Waals surface area (Å²) in [5, 5.41) is 0. The van der Waals surface area contributed by atoms with Gasteiger partial charge in [-0.15, -0.1) is 0 Å². The van der Waals surface area contributed by atoms with Gasteiger partial charge in [-0.1, -0.05) is 17.7 Å². The number of carbonyl (C=O) groups is 1. The van der Waals surface area contributed by atoms with Gasteiger partial charge < -0.3 is 0 Å². The van der Waals surface area contributed by atoms with E-state index in [2.05, 4.69) is 0 Å². The van der Waals surface area contributed by atoms with Gasteiger partial charge in [-0.3, -0.25) is 8.98 Å². The molecule has 0 spiro atoms. The second-order valence-electron chi connectivity index (χ2n) is 5.86. The molecule has 0 amide bonds. The lowest BCUT2D eigenvalue weighted by atomic mass is 9.68. The molecule has 0 saturated heterocycles. The summed E-state index contributed by atoms with van der Waals surface area (Å²) in [6, 6.07) is 6.59. The lowest BCUT2D eigenvalue weighted by Gasteiger charge is -2.40. The second kappa shape index (κ2) is 4.97. The highest BCUT2D eigenvalue weighted by molar-refractivity contribution is 7.86. The van der Waals surface area contributed by atoms with Crippen molar-refractivity contribution in [2.75, 3.05) is 0 Å². The summed E-state index contributed by atoms with van der Waals surface area (Å²) in [5.41, 5.74) is 0.996. The lowest BCUT2D eigenvalue weighted by Crippen LogP contribution is -2.44. The van der Waals surface area contributed by atoms with Crippen LogP contribution >= 0.6 is 0 Å². The van der Waals surface area contributed by atoms with E-state index in [0.717, 1.165) is 18.4 Å². The molecule has 2 bridgehead atoms. The minimum Gasteiger partial charge on any atom is -0.299 e. The number of hydrogen-bond acceptors (Lipinski definition) is 4. The Kier molecular flexibility index (Phi) is 3.42. The van der Waals surface area contributed by atoms with E-state index >= 15 is 0 Å². The average Bonchev–Trinajstić information content (AvgIpc) is 2.38. The summed E-state index contributed by atoms with van der Waals surface area (Å²) in [6.07, 6.45) is 2.58. The van der Waals surface area contributed by atoms with E-state index in [9.17, 15) is 13.2 Å². The van der Waals surface area contributed by atoms with Crippen molar-refractivity contribution >= 4 is 15.9 Å². The molecule has 4 nitrogen and oxygen atoms in total. The molecule has 0 aliphatic heterocycles. The van der Waals surface area contributed by atoms with Crippen LogP contribution in [0.25, 0.3) is 0 Å². The Hall–Kier alpha value is -1.20. The molecule has 0 unspecified atom stereocenters. The number of fused-ring (bicyclic) bond motifs is 3. The van der Waals surface area contributed by atoms with E-state index in [1.807, 2.05) is 6.92 Å². The SMILES string of the molecule is Cc1ccc(S(=O)(=O)O[C@@H]2C[C@H]3CC[C@@H]2C(=O)C3)cc1. The molecule has 1 aromatic rings. The van der Waals surface area contributed by atoms with Crippen LogP contribution in [-0.4, -0.2) is 20.3 Å². The highest BCUT2D eigenvalue weighted by Gasteiger charge is 2.44. The Bertz CT molecular complexity index is 618. The summed E-state index contributed by atoms with van der Waals surface area (Å²) in [7, 11) is -3.77. The van der Waals surface area contributed by atoms with Crippen molar-refractivity contribution < 1.29 is 17.4 Å². The van der Waals surface area contributed by atoms with Crippen LogP contribution in [0.3, 0.4) is 0 Å². The maximum Gasteiger partial charge on any atom is 0.297 e. The third-order valence-electron chi connectivity index (χ3n) is 4.36. The highest BCUT2D eigenvalue weighted by atomic mass is 32.2. The molecule has 1 aromatic carbocycles. The first-order chi connectivity index (χ1) is 9.45. The molecular weight excluding hydrogens is 276 g/mol. The standard InChI is InChI=1S/C15H18O4S/c1-10-2-5-12(6-3-10)20(17,18)19-15-9-11-4-7-13(15)14(16)8-11/h2-3,5-6,11,13,15H,4,7-9H2,1H3/t11-,13+,15+/m0/s1. The van der Waals surface area contributed by atoms with Gasteiger partial charge in [-0.25, -0.2) is 0 Å². The minimum atomic E-state index is -3.77. The van der Waals surface area contributed by atoms with Crippen LogP contribution < -0.4 is 0 Å². The minimum absolute atomic E-state index is 0.164. The third kappa shape index (κ3) is 2.52. The van der Waals surface area contributed by atoms with E-state index in [0.29, 0.717) is 18.8 Å². The van der Waals surface area contributed by atoms with E-state index in [4.69, 9.17) is 4.18 Å². The van der Waals surface area contributed by atoms with Crippen LogP contribution in [-0.2, 0) is 19.1 Å². The van der Waals surface area contributed by atoms with Crippen LogP contribution in [0.15, 0.2) is 29.2 Å². The smallest absolute Gasteiger partial charge is 0.297 e. The maximum absolute atomic E-state index is 12.3. The number of rotatable bonds is 3. The summed E-state index contributed by atoms with van der Waals surface area (Å²) < 4.78 is 29.9. The predicted octanol–water partition coefficient (Wildman–Crippen LogP) is 2.46. The quantitative estimate of drug-likeness (QED) is 0.803. The van der Waals surface area contributed by atoms with Crippen LogP contribution in [0.5, 0.6) is 0 Å². The second-order valence-corrected chi connectivity index (χ2v) is 7.43. The summed E-state index contributed by atoms with van der Waals surface area (Å²) in [5.74, 6) is 0.225. The van der Waals surface area contributed by atoms with Gasteiger partial charge in [0.15, 0.2) is 0 Å². The van der Waals surface area contributed by atoms with Crippen molar-refractivity contribution in [3.05, 3.63) is 29.8 Å². The molecule has 3 aliphatic carbocycles. The first kappa shape index (κ1) is 13.8. The lowest BCUT2D eigenvalue weighted by molar-refractivity contribution is -0.134.